The number of hydrogen-bond donors (Lipinski definition) is 2. The Morgan fingerprint density at radius 1 is 1.03 bits per heavy atom. The third-order valence-corrected chi connectivity index (χ3v) is 6.47. The van der Waals surface area contributed by atoms with Crippen LogP contribution >= 0.6 is 0 Å². The van der Waals surface area contributed by atoms with Gasteiger partial charge in [-0.1, -0.05) is 43.9 Å². The highest BCUT2D eigenvalue weighted by Gasteiger charge is 2.15. The molecule has 0 unspecified atom stereocenters. The van der Waals surface area contributed by atoms with E-state index in [0.29, 0.717) is 6.61 Å². The predicted molar refractivity (Wildman–Crippen MR) is 130 cm³/mol. The maximum atomic E-state index is 8.09. The van der Waals surface area contributed by atoms with Crippen LogP contribution in [0.2, 0.25) is 0 Å². The molecule has 0 spiro atoms. The normalized spacial score (nSPS) is 14.3. The summed E-state index contributed by atoms with van der Waals surface area (Å²) in [5.74, 6) is 1.97. The minimum absolute atomic E-state index is 0.181. The summed E-state index contributed by atoms with van der Waals surface area (Å²) < 4.78 is 11.4. The second kappa shape index (κ2) is 9.03. The van der Waals surface area contributed by atoms with Crippen molar-refractivity contribution in [3.63, 3.8) is 0 Å². The Kier molecular flexibility index (Phi) is 5.80. The van der Waals surface area contributed by atoms with E-state index >= 15 is 0 Å². The number of nitrogens with one attached hydrogen (secondary N) is 2. The second-order valence-electron chi connectivity index (χ2n) is 8.61. The number of ether oxygens (including phenoxy) is 2. The van der Waals surface area contributed by atoms with Crippen molar-refractivity contribution in [3.8, 4) is 17.0 Å². The molecule has 0 aliphatic heterocycles. The van der Waals surface area contributed by atoms with Gasteiger partial charge in [0, 0.05) is 16.5 Å². The first kappa shape index (κ1) is 20.6. The zero-order valence-corrected chi connectivity index (χ0v) is 18.5. The van der Waals surface area contributed by atoms with Crippen LogP contribution in [0.25, 0.3) is 32.9 Å². The first-order chi connectivity index (χ1) is 15.7. The number of hydrogen-bond acceptors (Lipinski definition) is 4. The lowest BCUT2D eigenvalue weighted by Gasteiger charge is -2.11. The summed E-state index contributed by atoms with van der Waals surface area (Å²) >= 11 is 0. The molecule has 32 heavy (non-hydrogen) atoms. The van der Waals surface area contributed by atoms with E-state index in [1.54, 1.807) is 0 Å². The minimum Gasteiger partial charge on any atom is -0.494 e. The monoisotopic (exact) mass is 427 g/mol. The molecule has 1 aliphatic rings. The SMILES string of the molecule is CCOC(=N)c1ccc2[nH]nc(-c3ccc4cc(OCCC5CCCC5)ccc4c3)c2c1. The summed E-state index contributed by atoms with van der Waals surface area (Å²) in [7, 11) is 0. The molecule has 5 nitrogen and oxygen atoms in total. The number of benzene rings is 3. The molecule has 1 fully saturated rings. The van der Waals surface area contributed by atoms with Crippen LogP contribution in [0.1, 0.15) is 44.6 Å². The minimum atomic E-state index is 0.181. The third kappa shape index (κ3) is 4.20. The van der Waals surface area contributed by atoms with Crippen LogP contribution in [0.4, 0.5) is 0 Å². The molecule has 1 heterocycles. The average molecular weight is 428 g/mol. The van der Waals surface area contributed by atoms with Gasteiger partial charge in [-0.25, -0.2) is 0 Å². The highest BCUT2D eigenvalue weighted by molar-refractivity contribution is 6.01. The van der Waals surface area contributed by atoms with Gasteiger partial charge in [-0.05, 0) is 66.4 Å². The quantitative estimate of drug-likeness (QED) is 0.254. The molecule has 0 atom stereocenters. The van der Waals surface area contributed by atoms with Crippen LogP contribution in [0.5, 0.6) is 5.75 Å². The molecule has 0 radical (unpaired) electrons. The van der Waals surface area contributed by atoms with Gasteiger partial charge in [0.05, 0.1) is 24.4 Å². The van der Waals surface area contributed by atoms with Gasteiger partial charge in [0.1, 0.15) is 5.75 Å². The van der Waals surface area contributed by atoms with Crippen LogP contribution in [0.3, 0.4) is 0 Å². The van der Waals surface area contributed by atoms with Crippen molar-refractivity contribution in [3.05, 3.63) is 60.2 Å². The average Bonchev–Trinajstić information content (AvgIpc) is 3.48. The first-order valence-electron chi connectivity index (χ1n) is 11.6. The van der Waals surface area contributed by atoms with Crippen molar-refractivity contribution in [2.75, 3.05) is 13.2 Å². The molecule has 0 saturated heterocycles. The fourth-order valence-electron chi connectivity index (χ4n) is 4.71. The van der Waals surface area contributed by atoms with Crippen molar-refractivity contribution in [1.82, 2.24) is 10.2 Å². The maximum Gasteiger partial charge on any atom is 0.213 e. The number of nitrogens with zero attached hydrogens (tertiary/aromatic N) is 1. The molecule has 5 rings (SSSR count). The molecular formula is C27H29N3O2. The van der Waals surface area contributed by atoms with Gasteiger partial charge in [0.2, 0.25) is 5.90 Å². The zero-order valence-electron chi connectivity index (χ0n) is 18.5. The van der Waals surface area contributed by atoms with Crippen molar-refractivity contribution in [1.29, 1.82) is 5.41 Å². The van der Waals surface area contributed by atoms with E-state index < -0.39 is 0 Å². The fourth-order valence-corrected chi connectivity index (χ4v) is 4.71. The molecule has 5 heteroatoms. The Morgan fingerprint density at radius 2 is 1.84 bits per heavy atom. The maximum absolute atomic E-state index is 8.09. The van der Waals surface area contributed by atoms with E-state index in [1.165, 1.54) is 25.7 Å². The largest absolute Gasteiger partial charge is 0.494 e. The van der Waals surface area contributed by atoms with Gasteiger partial charge in [0.25, 0.3) is 0 Å². The standard InChI is InChI=1S/C27H29N3O2/c1-2-31-27(28)22-10-12-25-24(17-22)26(30-29-25)21-8-7-20-16-23(11-9-19(20)15-21)32-14-13-18-5-3-4-6-18/h7-12,15-18,28H,2-6,13-14H2,1H3,(H,29,30). The second-order valence-corrected chi connectivity index (χ2v) is 8.61. The van der Waals surface area contributed by atoms with Crippen LogP contribution in [0.15, 0.2) is 54.6 Å². The van der Waals surface area contributed by atoms with E-state index in [-0.39, 0.29) is 5.90 Å². The summed E-state index contributed by atoms with van der Waals surface area (Å²) in [4.78, 5) is 0. The Labute approximate surface area is 188 Å². The molecule has 0 bridgehead atoms. The molecule has 1 saturated carbocycles. The lowest BCUT2D eigenvalue weighted by molar-refractivity contribution is 0.279. The van der Waals surface area contributed by atoms with E-state index in [2.05, 4.69) is 46.6 Å². The number of rotatable bonds is 7. The van der Waals surface area contributed by atoms with Crippen molar-refractivity contribution in [2.45, 2.75) is 39.0 Å². The van der Waals surface area contributed by atoms with Crippen LogP contribution < -0.4 is 4.74 Å². The van der Waals surface area contributed by atoms with Gasteiger partial charge in [-0.15, -0.1) is 0 Å². The summed E-state index contributed by atoms with van der Waals surface area (Å²) in [5.41, 5.74) is 3.62. The van der Waals surface area contributed by atoms with Crippen molar-refractivity contribution < 1.29 is 9.47 Å². The molecule has 3 aromatic carbocycles. The molecular weight excluding hydrogens is 398 g/mol. The van der Waals surface area contributed by atoms with E-state index in [1.807, 2.05) is 25.1 Å². The Balaban J connectivity index is 1.38. The number of H-pyrrole nitrogens is 1. The highest BCUT2D eigenvalue weighted by atomic mass is 16.5. The lowest BCUT2D eigenvalue weighted by atomic mass is 10.0. The summed E-state index contributed by atoms with van der Waals surface area (Å²) in [5, 5.41) is 19.0. The number of aromatic nitrogens is 2. The molecule has 2 N–H and O–H groups in total. The molecule has 1 aromatic heterocycles. The number of aromatic amines is 1. The van der Waals surface area contributed by atoms with Crippen LogP contribution in [-0.2, 0) is 4.74 Å². The molecule has 1 aliphatic carbocycles. The zero-order chi connectivity index (χ0) is 21.9. The van der Waals surface area contributed by atoms with Crippen molar-refractivity contribution in [2.24, 2.45) is 5.92 Å². The van der Waals surface area contributed by atoms with Gasteiger partial charge >= 0.3 is 0 Å². The molecule has 164 valence electrons. The summed E-state index contributed by atoms with van der Waals surface area (Å²) in [6.45, 7) is 3.16. The van der Waals surface area contributed by atoms with Crippen LogP contribution in [0, 0.1) is 11.3 Å². The van der Waals surface area contributed by atoms with E-state index in [9.17, 15) is 0 Å². The molecule has 0 amide bonds. The van der Waals surface area contributed by atoms with Crippen molar-refractivity contribution >= 4 is 27.6 Å². The smallest absolute Gasteiger partial charge is 0.213 e. The first-order valence-corrected chi connectivity index (χ1v) is 11.6. The van der Waals surface area contributed by atoms with E-state index in [4.69, 9.17) is 14.9 Å². The van der Waals surface area contributed by atoms with Gasteiger partial charge in [0.15, 0.2) is 0 Å². The highest BCUT2D eigenvalue weighted by Crippen LogP contribution is 2.31. The third-order valence-electron chi connectivity index (χ3n) is 6.47. The van der Waals surface area contributed by atoms with Gasteiger partial charge in [-0.2, -0.15) is 5.10 Å². The molecule has 4 aromatic rings. The predicted octanol–water partition coefficient (Wildman–Crippen LogP) is 6.70. The van der Waals surface area contributed by atoms with E-state index in [0.717, 1.165) is 63.2 Å². The summed E-state index contributed by atoms with van der Waals surface area (Å²) in [6.07, 6.45) is 6.64. The summed E-state index contributed by atoms with van der Waals surface area (Å²) in [6, 6.07) is 18.5. The fraction of sp³-hybridized carbons (Fsp3) is 0.333. The Hall–Kier alpha value is -3.34. The Morgan fingerprint density at radius 3 is 2.69 bits per heavy atom. The lowest BCUT2D eigenvalue weighted by Crippen LogP contribution is -2.04. The number of fused-ring (bicyclic) bond motifs is 2. The van der Waals surface area contributed by atoms with Gasteiger partial charge < -0.3 is 9.47 Å². The Bertz CT molecular complexity index is 1250. The topological polar surface area (TPSA) is 71.0 Å². The van der Waals surface area contributed by atoms with Crippen LogP contribution in [-0.4, -0.2) is 29.3 Å². The van der Waals surface area contributed by atoms with Gasteiger partial charge in [-0.3, -0.25) is 10.5 Å².